The van der Waals surface area contributed by atoms with Gasteiger partial charge in [0.25, 0.3) is 0 Å². The van der Waals surface area contributed by atoms with Gasteiger partial charge in [0.2, 0.25) is 0 Å². The second-order valence-corrected chi connectivity index (χ2v) is 3.29. The molecule has 0 heterocycles. The van der Waals surface area contributed by atoms with Gasteiger partial charge >= 0.3 is 0 Å². The SMILES string of the molecule is C/C=C(C)\C=C\C(=O)C(C)(C)O. The van der Waals surface area contributed by atoms with E-state index in [9.17, 15) is 9.90 Å². The van der Waals surface area contributed by atoms with Crippen molar-refractivity contribution >= 4 is 5.78 Å². The lowest BCUT2D eigenvalue weighted by Crippen LogP contribution is -2.29. The Morgan fingerprint density at radius 3 is 2.17 bits per heavy atom. The lowest BCUT2D eigenvalue weighted by molar-refractivity contribution is -0.128. The van der Waals surface area contributed by atoms with Crippen molar-refractivity contribution < 1.29 is 9.90 Å². The molecule has 0 rings (SSSR count). The first-order valence-electron chi connectivity index (χ1n) is 3.95. The predicted octanol–water partition coefficient (Wildman–Crippen LogP) is 1.85. The van der Waals surface area contributed by atoms with Gasteiger partial charge in [0.1, 0.15) is 5.60 Å². The van der Waals surface area contributed by atoms with Crippen LogP contribution in [0.15, 0.2) is 23.8 Å². The highest BCUT2D eigenvalue weighted by Gasteiger charge is 2.20. The maximum absolute atomic E-state index is 11.1. The van der Waals surface area contributed by atoms with E-state index in [1.165, 1.54) is 19.9 Å². The molecule has 0 unspecified atom stereocenters. The fraction of sp³-hybridized carbons (Fsp3) is 0.500. The van der Waals surface area contributed by atoms with Crippen LogP contribution >= 0.6 is 0 Å². The van der Waals surface area contributed by atoms with Crippen molar-refractivity contribution in [1.29, 1.82) is 0 Å². The largest absolute Gasteiger partial charge is 0.382 e. The number of hydrogen-bond acceptors (Lipinski definition) is 2. The van der Waals surface area contributed by atoms with Crippen LogP contribution in [0.4, 0.5) is 0 Å². The number of carbonyl (C=O) groups is 1. The monoisotopic (exact) mass is 168 g/mol. The summed E-state index contributed by atoms with van der Waals surface area (Å²) in [6, 6.07) is 0. The molecule has 0 aromatic rings. The zero-order valence-corrected chi connectivity index (χ0v) is 8.09. The van der Waals surface area contributed by atoms with Crippen LogP contribution in [-0.4, -0.2) is 16.5 Å². The standard InChI is InChI=1S/C10H16O2/c1-5-8(2)6-7-9(11)10(3,4)12/h5-7,12H,1-4H3/b7-6+,8-5-. The second-order valence-electron chi connectivity index (χ2n) is 3.29. The molecule has 0 atom stereocenters. The van der Waals surface area contributed by atoms with Gasteiger partial charge in [0.15, 0.2) is 5.78 Å². The number of hydrogen-bond donors (Lipinski definition) is 1. The molecule has 0 aliphatic rings. The second kappa shape index (κ2) is 4.21. The summed E-state index contributed by atoms with van der Waals surface area (Å²) in [6.07, 6.45) is 4.99. The van der Waals surface area contributed by atoms with Crippen LogP contribution in [0.25, 0.3) is 0 Å². The van der Waals surface area contributed by atoms with E-state index in [1.807, 2.05) is 19.9 Å². The van der Waals surface area contributed by atoms with Crippen molar-refractivity contribution in [1.82, 2.24) is 0 Å². The summed E-state index contributed by atoms with van der Waals surface area (Å²) >= 11 is 0. The lowest BCUT2D eigenvalue weighted by Gasteiger charge is -2.11. The normalized spacial score (nSPS) is 13.9. The van der Waals surface area contributed by atoms with Crippen LogP contribution < -0.4 is 0 Å². The maximum atomic E-state index is 11.1. The molecule has 0 saturated heterocycles. The zero-order valence-electron chi connectivity index (χ0n) is 8.09. The molecule has 12 heavy (non-hydrogen) atoms. The van der Waals surface area contributed by atoms with Gasteiger partial charge in [0.05, 0.1) is 0 Å². The Morgan fingerprint density at radius 1 is 1.33 bits per heavy atom. The molecular weight excluding hydrogens is 152 g/mol. The van der Waals surface area contributed by atoms with Gasteiger partial charge in [-0.05, 0) is 33.8 Å². The molecule has 0 amide bonds. The smallest absolute Gasteiger partial charge is 0.186 e. The predicted molar refractivity (Wildman–Crippen MR) is 49.9 cm³/mol. The third kappa shape index (κ3) is 4.09. The average Bonchev–Trinajstić information content (AvgIpc) is 1.97. The maximum Gasteiger partial charge on any atom is 0.186 e. The van der Waals surface area contributed by atoms with Gasteiger partial charge in [0, 0.05) is 0 Å². The van der Waals surface area contributed by atoms with Crippen molar-refractivity contribution in [3.8, 4) is 0 Å². The Hall–Kier alpha value is -0.890. The topological polar surface area (TPSA) is 37.3 Å². The van der Waals surface area contributed by atoms with Gasteiger partial charge in [-0.15, -0.1) is 0 Å². The van der Waals surface area contributed by atoms with E-state index in [1.54, 1.807) is 6.08 Å². The molecule has 0 aliphatic heterocycles. The Balaban J connectivity index is 4.29. The molecule has 0 aliphatic carbocycles. The molecule has 0 aromatic heterocycles. The molecule has 2 heteroatoms. The lowest BCUT2D eigenvalue weighted by atomic mass is 10.0. The highest BCUT2D eigenvalue weighted by molar-refractivity contribution is 5.96. The van der Waals surface area contributed by atoms with Crippen molar-refractivity contribution in [2.45, 2.75) is 33.3 Å². The summed E-state index contributed by atoms with van der Waals surface area (Å²) in [5, 5.41) is 9.25. The van der Waals surface area contributed by atoms with E-state index in [-0.39, 0.29) is 5.78 Å². The Bertz CT molecular complexity index is 216. The summed E-state index contributed by atoms with van der Waals surface area (Å²) in [5.74, 6) is -0.274. The van der Waals surface area contributed by atoms with E-state index < -0.39 is 5.60 Å². The number of rotatable bonds is 3. The summed E-state index contributed by atoms with van der Waals surface area (Å²) in [7, 11) is 0. The Morgan fingerprint density at radius 2 is 1.83 bits per heavy atom. The van der Waals surface area contributed by atoms with Gasteiger partial charge < -0.3 is 5.11 Å². The van der Waals surface area contributed by atoms with Crippen LogP contribution in [0.2, 0.25) is 0 Å². The fourth-order valence-electron chi connectivity index (χ4n) is 0.507. The minimum absolute atomic E-state index is 0.274. The number of carbonyl (C=O) groups excluding carboxylic acids is 1. The zero-order chi connectivity index (χ0) is 9.78. The molecule has 1 N–H and O–H groups in total. The molecule has 0 aromatic carbocycles. The summed E-state index contributed by atoms with van der Waals surface area (Å²) in [4.78, 5) is 11.1. The molecule has 0 fully saturated rings. The van der Waals surface area contributed by atoms with Crippen molar-refractivity contribution in [2.24, 2.45) is 0 Å². The van der Waals surface area contributed by atoms with Crippen LogP contribution in [0, 0.1) is 0 Å². The number of allylic oxidation sites excluding steroid dienone is 3. The first-order chi connectivity index (χ1) is 5.38. The van der Waals surface area contributed by atoms with Crippen molar-refractivity contribution in [2.75, 3.05) is 0 Å². The minimum atomic E-state index is -1.26. The van der Waals surface area contributed by atoms with Gasteiger partial charge in [-0.3, -0.25) is 4.79 Å². The van der Waals surface area contributed by atoms with Crippen LogP contribution in [0.5, 0.6) is 0 Å². The molecule has 2 nitrogen and oxygen atoms in total. The molecule has 0 saturated carbocycles. The third-order valence-electron chi connectivity index (χ3n) is 1.56. The highest BCUT2D eigenvalue weighted by atomic mass is 16.3. The molecule has 0 radical (unpaired) electrons. The van der Waals surface area contributed by atoms with E-state index in [0.29, 0.717) is 0 Å². The summed E-state index contributed by atoms with van der Waals surface area (Å²) < 4.78 is 0. The molecule has 0 bridgehead atoms. The third-order valence-corrected chi connectivity index (χ3v) is 1.56. The summed E-state index contributed by atoms with van der Waals surface area (Å²) in [6.45, 7) is 6.75. The van der Waals surface area contributed by atoms with Crippen molar-refractivity contribution in [3.63, 3.8) is 0 Å². The average molecular weight is 168 g/mol. The van der Waals surface area contributed by atoms with Crippen molar-refractivity contribution in [3.05, 3.63) is 23.8 Å². The van der Waals surface area contributed by atoms with Crippen LogP contribution in [0.1, 0.15) is 27.7 Å². The van der Waals surface area contributed by atoms with E-state index in [2.05, 4.69) is 0 Å². The molecule has 68 valence electrons. The number of aliphatic hydroxyl groups is 1. The van der Waals surface area contributed by atoms with E-state index in [4.69, 9.17) is 0 Å². The first kappa shape index (κ1) is 11.1. The van der Waals surface area contributed by atoms with Gasteiger partial charge in [-0.25, -0.2) is 0 Å². The fourth-order valence-corrected chi connectivity index (χ4v) is 0.507. The van der Waals surface area contributed by atoms with Crippen LogP contribution in [-0.2, 0) is 4.79 Å². The van der Waals surface area contributed by atoms with Gasteiger partial charge in [-0.2, -0.15) is 0 Å². The molecule has 0 spiro atoms. The highest BCUT2D eigenvalue weighted by Crippen LogP contribution is 2.04. The number of ketones is 1. The molecular formula is C10H16O2. The minimum Gasteiger partial charge on any atom is -0.382 e. The van der Waals surface area contributed by atoms with Crippen LogP contribution in [0.3, 0.4) is 0 Å². The Kier molecular flexibility index (Phi) is 3.90. The van der Waals surface area contributed by atoms with E-state index >= 15 is 0 Å². The first-order valence-corrected chi connectivity index (χ1v) is 3.95. The summed E-state index contributed by atoms with van der Waals surface area (Å²) in [5.41, 5.74) is -0.252. The quantitative estimate of drug-likeness (QED) is 0.516. The van der Waals surface area contributed by atoms with Gasteiger partial charge in [-0.1, -0.05) is 17.7 Å². The van der Waals surface area contributed by atoms with E-state index in [0.717, 1.165) is 5.57 Å². The Labute approximate surface area is 73.6 Å².